The van der Waals surface area contributed by atoms with Gasteiger partial charge in [-0.25, -0.2) is 0 Å². The molecule has 1 unspecified atom stereocenters. The van der Waals surface area contributed by atoms with Gasteiger partial charge in [0, 0.05) is 25.7 Å². The molecule has 1 amide bonds. The molecule has 98 valence electrons. The largest absolute Gasteiger partial charge is 0.338 e. The molecule has 0 aromatic heterocycles. The van der Waals surface area contributed by atoms with Crippen molar-refractivity contribution in [1.29, 1.82) is 0 Å². The molecule has 2 fully saturated rings. The van der Waals surface area contributed by atoms with Crippen molar-refractivity contribution in [2.24, 2.45) is 11.1 Å². The Hall–Kier alpha value is -0.610. The maximum Gasteiger partial charge on any atom is 0.230 e. The minimum absolute atomic E-state index is 0.184. The van der Waals surface area contributed by atoms with Crippen LogP contribution in [0.4, 0.5) is 0 Å². The van der Waals surface area contributed by atoms with Gasteiger partial charge in [0.25, 0.3) is 0 Å². The molecule has 1 saturated carbocycles. The normalized spacial score (nSPS) is 28.9. The Morgan fingerprint density at radius 3 is 2.65 bits per heavy atom. The summed E-state index contributed by atoms with van der Waals surface area (Å²) < 4.78 is 0. The van der Waals surface area contributed by atoms with Crippen molar-refractivity contribution >= 4 is 5.91 Å². The smallest absolute Gasteiger partial charge is 0.230 e. The van der Waals surface area contributed by atoms with E-state index in [4.69, 9.17) is 5.73 Å². The molecule has 17 heavy (non-hydrogen) atoms. The molecule has 0 radical (unpaired) electrons. The zero-order valence-electron chi connectivity index (χ0n) is 11.1. The van der Waals surface area contributed by atoms with Gasteiger partial charge in [-0.05, 0) is 39.3 Å². The maximum absolute atomic E-state index is 12.6. The number of hydrogen-bond donors (Lipinski definition) is 1. The molecule has 4 heteroatoms. The molecule has 2 N–H and O–H groups in total. The number of rotatable bonds is 3. The Kier molecular flexibility index (Phi) is 3.73. The lowest BCUT2D eigenvalue weighted by molar-refractivity contribution is -0.139. The first-order valence-corrected chi connectivity index (χ1v) is 6.82. The lowest BCUT2D eigenvalue weighted by Gasteiger charge is -2.33. The molecule has 0 aromatic rings. The van der Waals surface area contributed by atoms with E-state index in [9.17, 15) is 4.79 Å². The van der Waals surface area contributed by atoms with Crippen LogP contribution in [0.15, 0.2) is 0 Å². The van der Waals surface area contributed by atoms with Gasteiger partial charge in [0.1, 0.15) is 0 Å². The molecule has 2 aliphatic rings. The van der Waals surface area contributed by atoms with Gasteiger partial charge in [-0.2, -0.15) is 0 Å². The molecular weight excluding hydrogens is 214 g/mol. The predicted octanol–water partition coefficient (Wildman–Crippen LogP) is 0.668. The van der Waals surface area contributed by atoms with E-state index < -0.39 is 0 Å². The predicted molar refractivity (Wildman–Crippen MR) is 68.6 cm³/mol. The monoisotopic (exact) mass is 239 g/mol. The summed E-state index contributed by atoms with van der Waals surface area (Å²) in [5, 5.41) is 0. The van der Waals surface area contributed by atoms with Crippen molar-refractivity contribution < 1.29 is 4.79 Å². The first kappa shape index (κ1) is 12.8. The highest BCUT2D eigenvalue weighted by Gasteiger charge is 2.51. The van der Waals surface area contributed by atoms with E-state index in [0.717, 1.165) is 45.3 Å². The minimum Gasteiger partial charge on any atom is -0.338 e. The van der Waals surface area contributed by atoms with Crippen LogP contribution >= 0.6 is 0 Å². The molecular formula is C13H25N3O. The highest BCUT2D eigenvalue weighted by atomic mass is 16.2. The van der Waals surface area contributed by atoms with Crippen LogP contribution in [-0.4, -0.2) is 55.0 Å². The molecule has 4 nitrogen and oxygen atoms in total. The molecule has 1 aliphatic carbocycles. The Bertz CT molecular complexity index is 288. The summed E-state index contributed by atoms with van der Waals surface area (Å²) in [7, 11) is 2.15. The standard InChI is InChI=1S/C13H25N3O/c1-3-11-9-15(2)7-4-8-16(11)12(17)13(10-14)5-6-13/h11H,3-10,14H2,1-2H3. The average molecular weight is 239 g/mol. The van der Waals surface area contributed by atoms with E-state index in [2.05, 4.69) is 23.8 Å². The van der Waals surface area contributed by atoms with E-state index >= 15 is 0 Å². The third-order valence-corrected chi connectivity index (χ3v) is 4.33. The van der Waals surface area contributed by atoms with Crippen LogP contribution in [0.25, 0.3) is 0 Å². The van der Waals surface area contributed by atoms with Gasteiger partial charge in [-0.15, -0.1) is 0 Å². The van der Waals surface area contributed by atoms with Gasteiger partial charge in [-0.1, -0.05) is 6.92 Å². The molecule has 1 aliphatic heterocycles. The van der Waals surface area contributed by atoms with E-state index in [1.165, 1.54) is 0 Å². The summed E-state index contributed by atoms with van der Waals surface area (Å²) in [5.74, 6) is 0.321. The van der Waals surface area contributed by atoms with Gasteiger partial charge in [0.2, 0.25) is 5.91 Å². The minimum atomic E-state index is -0.184. The van der Waals surface area contributed by atoms with E-state index in [0.29, 0.717) is 18.5 Å². The van der Waals surface area contributed by atoms with Crippen LogP contribution < -0.4 is 5.73 Å². The van der Waals surface area contributed by atoms with Crippen molar-refractivity contribution in [2.45, 2.75) is 38.6 Å². The summed E-state index contributed by atoms with van der Waals surface area (Å²) in [5.41, 5.74) is 5.59. The number of carbonyl (C=O) groups is 1. The third kappa shape index (κ3) is 2.47. The molecule has 0 bridgehead atoms. The van der Waals surface area contributed by atoms with Crippen LogP contribution in [-0.2, 0) is 4.79 Å². The Morgan fingerprint density at radius 2 is 2.12 bits per heavy atom. The highest BCUT2D eigenvalue weighted by Crippen LogP contribution is 2.46. The fourth-order valence-corrected chi connectivity index (χ4v) is 2.82. The number of likely N-dealkylation sites (N-methyl/N-ethyl adjacent to an activating group) is 1. The SMILES string of the molecule is CCC1CN(C)CCCN1C(=O)C1(CN)CC1. The molecule has 1 saturated heterocycles. The Labute approximate surface area is 104 Å². The average Bonchev–Trinajstić information content (AvgIpc) is 3.12. The van der Waals surface area contributed by atoms with Gasteiger partial charge >= 0.3 is 0 Å². The van der Waals surface area contributed by atoms with E-state index in [1.54, 1.807) is 0 Å². The number of nitrogens with zero attached hydrogens (tertiary/aromatic N) is 2. The fraction of sp³-hybridized carbons (Fsp3) is 0.923. The summed E-state index contributed by atoms with van der Waals surface area (Å²) in [6.45, 7) is 5.70. The van der Waals surface area contributed by atoms with Crippen molar-refractivity contribution in [3.05, 3.63) is 0 Å². The third-order valence-electron chi connectivity index (χ3n) is 4.33. The van der Waals surface area contributed by atoms with Gasteiger partial charge in [0.15, 0.2) is 0 Å². The second kappa shape index (κ2) is 4.94. The number of carbonyl (C=O) groups excluding carboxylic acids is 1. The fourth-order valence-electron chi connectivity index (χ4n) is 2.82. The van der Waals surface area contributed by atoms with Gasteiger partial charge in [-0.3, -0.25) is 4.79 Å². The second-order valence-electron chi connectivity index (χ2n) is 5.66. The lowest BCUT2D eigenvalue weighted by atomic mass is 10.0. The summed E-state index contributed by atoms with van der Waals surface area (Å²) >= 11 is 0. The second-order valence-corrected chi connectivity index (χ2v) is 5.66. The summed E-state index contributed by atoms with van der Waals surface area (Å²) in [6, 6.07) is 0.374. The summed E-state index contributed by atoms with van der Waals surface area (Å²) in [6.07, 6.45) is 4.10. The molecule has 1 atom stereocenters. The first-order chi connectivity index (χ1) is 8.13. The van der Waals surface area contributed by atoms with Crippen LogP contribution in [0, 0.1) is 5.41 Å². The highest BCUT2D eigenvalue weighted by molar-refractivity contribution is 5.86. The van der Waals surface area contributed by atoms with Crippen LogP contribution in [0.1, 0.15) is 32.6 Å². The van der Waals surface area contributed by atoms with Crippen LogP contribution in [0.3, 0.4) is 0 Å². The van der Waals surface area contributed by atoms with Crippen molar-refractivity contribution in [3.63, 3.8) is 0 Å². The van der Waals surface area contributed by atoms with Crippen molar-refractivity contribution in [1.82, 2.24) is 9.80 Å². The van der Waals surface area contributed by atoms with Crippen molar-refractivity contribution in [2.75, 3.05) is 33.2 Å². The Morgan fingerprint density at radius 1 is 1.41 bits per heavy atom. The van der Waals surface area contributed by atoms with E-state index in [-0.39, 0.29) is 5.41 Å². The van der Waals surface area contributed by atoms with Crippen LogP contribution in [0.5, 0.6) is 0 Å². The first-order valence-electron chi connectivity index (χ1n) is 6.82. The van der Waals surface area contributed by atoms with E-state index in [1.807, 2.05) is 0 Å². The summed E-state index contributed by atoms with van der Waals surface area (Å²) in [4.78, 5) is 17.0. The molecule has 1 heterocycles. The van der Waals surface area contributed by atoms with Crippen molar-refractivity contribution in [3.8, 4) is 0 Å². The number of nitrogens with two attached hydrogens (primary N) is 1. The quantitative estimate of drug-likeness (QED) is 0.787. The van der Waals surface area contributed by atoms with Gasteiger partial charge in [0.05, 0.1) is 5.41 Å². The lowest BCUT2D eigenvalue weighted by Crippen LogP contribution is -2.48. The molecule has 2 rings (SSSR count). The maximum atomic E-state index is 12.6. The Balaban J connectivity index is 2.09. The zero-order chi connectivity index (χ0) is 12.5. The number of amides is 1. The van der Waals surface area contributed by atoms with Crippen LogP contribution in [0.2, 0.25) is 0 Å². The number of hydrogen-bond acceptors (Lipinski definition) is 3. The molecule has 0 aromatic carbocycles. The molecule has 0 spiro atoms. The van der Waals surface area contributed by atoms with Gasteiger partial charge < -0.3 is 15.5 Å². The zero-order valence-corrected chi connectivity index (χ0v) is 11.1. The topological polar surface area (TPSA) is 49.6 Å².